The Bertz CT molecular complexity index is 568. The van der Waals surface area contributed by atoms with Gasteiger partial charge in [0.05, 0.1) is 19.9 Å². The Balaban J connectivity index is 0.00000242. The van der Waals surface area contributed by atoms with Gasteiger partial charge in [-0.05, 0) is 29.8 Å². The van der Waals surface area contributed by atoms with Gasteiger partial charge in [0.2, 0.25) is 0 Å². The molecular weight excluding hydrogens is 393 g/mol. The zero-order valence-corrected chi connectivity index (χ0v) is 15.4. The number of methoxy groups -OCH3 is 1. The molecule has 1 aromatic carbocycles. The van der Waals surface area contributed by atoms with Crippen LogP contribution in [0.15, 0.2) is 52.1 Å². The molecule has 0 unspecified atom stereocenters. The lowest BCUT2D eigenvalue weighted by Gasteiger charge is -2.22. The van der Waals surface area contributed by atoms with Gasteiger partial charge in [0.25, 0.3) is 0 Å². The number of halogens is 1. The SMILES string of the molecule is CN=C(NCc1ccco1)N(C)Cc1ccc(OC)cc1.I. The van der Waals surface area contributed by atoms with E-state index in [9.17, 15) is 0 Å². The van der Waals surface area contributed by atoms with Crippen LogP contribution in [0.2, 0.25) is 0 Å². The average molecular weight is 415 g/mol. The Morgan fingerprint density at radius 2 is 2.00 bits per heavy atom. The lowest BCUT2D eigenvalue weighted by atomic mass is 10.2. The van der Waals surface area contributed by atoms with Crippen LogP contribution in [0.4, 0.5) is 0 Å². The Morgan fingerprint density at radius 1 is 1.27 bits per heavy atom. The Kier molecular flexibility index (Phi) is 7.79. The fourth-order valence-corrected chi connectivity index (χ4v) is 2.04. The van der Waals surface area contributed by atoms with E-state index in [0.29, 0.717) is 6.54 Å². The van der Waals surface area contributed by atoms with Crippen molar-refractivity contribution in [2.24, 2.45) is 4.99 Å². The van der Waals surface area contributed by atoms with Gasteiger partial charge in [0.1, 0.15) is 11.5 Å². The largest absolute Gasteiger partial charge is 0.497 e. The first kappa shape index (κ1) is 18.3. The lowest BCUT2D eigenvalue weighted by Crippen LogP contribution is -2.37. The van der Waals surface area contributed by atoms with Crippen LogP contribution in [0.25, 0.3) is 0 Å². The van der Waals surface area contributed by atoms with Crippen molar-refractivity contribution in [2.75, 3.05) is 21.2 Å². The summed E-state index contributed by atoms with van der Waals surface area (Å²) >= 11 is 0. The van der Waals surface area contributed by atoms with Crippen molar-refractivity contribution < 1.29 is 9.15 Å². The second-order valence-electron chi connectivity index (χ2n) is 4.68. The molecule has 0 atom stereocenters. The van der Waals surface area contributed by atoms with Crippen molar-refractivity contribution in [2.45, 2.75) is 13.1 Å². The molecule has 0 bridgehead atoms. The van der Waals surface area contributed by atoms with Gasteiger partial charge in [0.15, 0.2) is 5.96 Å². The first-order chi connectivity index (χ1) is 10.2. The maximum atomic E-state index is 5.30. The summed E-state index contributed by atoms with van der Waals surface area (Å²) in [5, 5.41) is 3.27. The zero-order valence-electron chi connectivity index (χ0n) is 13.1. The Hall–Kier alpha value is -1.70. The fourth-order valence-electron chi connectivity index (χ4n) is 2.04. The summed E-state index contributed by atoms with van der Waals surface area (Å²) < 4.78 is 10.5. The van der Waals surface area contributed by atoms with Crippen LogP contribution in [0.1, 0.15) is 11.3 Å². The van der Waals surface area contributed by atoms with Crippen LogP contribution in [0, 0.1) is 0 Å². The molecule has 0 fully saturated rings. The highest BCUT2D eigenvalue weighted by Gasteiger charge is 2.07. The van der Waals surface area contributed by atoms with E-state index in [1.807, 2.05) is 31.3 Å². The molecule has 2 rings (SSSR count). The van der Waals surface area contributed by atoms with E-state index in [2.05, 4.69) is 27.3 Å². The number of aliphatic imine (C=N–C) groups is 1. The molecule has 0 saturated heterocycles. The Morgan fingerprint density at radius 3 is 2.55 bits per heavy atom. The molecule has 22 heavy (non-hydrogen) atoms. The number of furan rings is 1. The third-order valence-electron chi connectivity index (χ3n) is 3.15. The van der Waals surface area contributed by atoms with Crippen LogP contribution in [0.5, 0.6) is 5.75 Å². The summed E-state index contributed by atoms with van der Waals surface area (Å²) in [4.78, 5) is 6.34. The second-order valence-corrected chi connectivity index (χ2v) is 4.68. The van der Waals surface area contributed by atoms with Gasteiger partial charge >= 0.3 is 0 Å². The van der Waals surface area contributed by atoms with Gasteiger partial charge in [-0.25, -0.2) is 0 Å². The molecule has 6 heteroatoms. The van der Waals surface area contributed by atoms with Gasteiger partial charge in [-0.1, -0.05) is 12.1 Å². The average Bonchev–Trinajstić information content (AvgIpc) is 3.02. The highest BCUT2D eigenvalue weighted by atomic mass is 127. The summed E-state index contributed by atoms with van der Waals surface area (Å²) in [5.74, 6) is 2.57. The predicted octanol–water partition coefficient (Wildman–Crippen LogP) is 3.11. The summed E-state index contributed by atoms with van der Waals surface area (Å²) in [6.07, 6.45) is 1.67. The molecule has 1 aromatic heterocycles. The number of guanidine groups is 1. The van der Waals surface area contributed by atoms with Gasteiger partial charge in [0, 0.05) is 20.6 Å². The van der Waals surface area contributed by atoms with E-state index in [-0.39, 0.29) is 24.0 Å². The highest BCUT2D eigenvalue weighted by molar-refractivity contribution is 14.0. The van der Waals surface area contributed by atoms with Crippen molar-refractivity contribution in [1.29, 1.82) is 0 Å². The number of nitrogens with zero attached hydrogens (tertiary/aromatic N) is 2. The maximum Gasteiger partial charge on any atom is 0.194 e. The quantitative estimate of drug-likeness (QED) is 0.463. The topological polar surface area (TPSA) is 50.0 Å². The number of hydrogen-bond donors (Lipinski definition) is 1. The summed E-state index contributed by atoms with van der Waals surface area (Å²) in [6.45, 7) is 1.38. The van der Waals surface area contributed by atoms with Gasteiger partial charge in [-0.3, -0.25) is 4.99 Å². The third-order valence-corrected chi connectivity index (χ3v) is 3.15. The summed E-state index contributed by atoms with van der Waals surface area (Å²) in [6, 6.07) is 11.8. The van der Waals surface area contributed by atoms with Crippen LogP contribution < -0.4 is 10.1 Å². The number of ether oxygens (including phenoxy) is 1. The molecule has 0 aliphatic heterocycles. The first-order valence-corrected chi connectivity index (χ1v) is 6.80. The van der Waals surface area contributed by atoms with E-state index in [1.54, 1.807) is 20.4 Å². The third kappa shape index (κ3) is 5.25. The minimum Gasteiger partial charge on any atom is -0.497 e. The molecular formula is C16H22IN3O2. The molecule has 0 amide bonds. The van der Waals surface area contributed by atoms with Gasteiger partial charge in [-0.15, -0.1) is 24.0 Å². The number of rotatable bonds is 5. The van der Waals surface area contributed by atoms with E-state index < -0.39 is 0 Å². The van der Waals surface area contributed by atoms with Crippen LogP contribution in [0.3, 0.4) is 0 Å². The molecule has 1 heterocycles. The molecule has 1 N–H and O–H groups in total. The smallest absolute Gasteiger partial charge is 0.194 e. The van der Waals surface area contributed by atoms with Crippen molar-refractivity contribution in [1.82, 2.24) is 10.2 Å². The minimum absolute atomic E-state index is 0. The fraction of sp³-hybridized carbons (Fsp3) is 0.312. The molecule has 0 radical (unpaired) electrons. The summed E-state index contributed by atoms with van der Waals surface area (Å²) in [5.41, 5.74) is 1.19. The van der Waals surface area contributed by atoms with E-state index in [0.717, 1.165) is 24.0 Å². The monoisotopic (exact) mass is 415 g/mol. The minimum atomic E-state index is 0. The van der Waals surface area contributed by atoms with E-state index >= 15 is 0 Å². The number of nitrogens with one attached hydrogen (secondary N) is 1. The lowest BCUT2D eigenvalue weighted by molar-refractivity contribution is 0.414. The van der Waals surface area contributed by atoms with Crippen LogP contribution in [-0.2, 0) is 13.1 Å². The van der Waals surface area contributed by atoms with Gasteiger partial charge in [-0.2, -0.15) is 0 Å². The van der Waals surface area contributed by atoms with E-state index in [4.69, 9.17) is 9.15 Å². The summed E-state index contributed by atoms with van der Waals surface area (Å²) in [7, 11) is 5.44. The zero-order chi connectivity index (χ0) is 15.1. The molecule has 0 aliphatic rings. The van der Waals surface area contributed by atoms with Crippen molar-refractivity contribution in [3.8, 4) is 5.75 Å². The maximum absolute atomic E-state index is 5.30. The molecule has 5 nitrogen and oxygen atoms in total. The number of benzene rings is 1. The number of hydrogen-bond acceptors (Lipinski definition) is 3. The van der Waals surface area contributed by atoms with Crippen molar-refractivity contribution >= 4 is 29.9 Å². The molecule has 0 saturated carbocycles. The van der Waals surface area contributed by atoms with E-state index in [1.165, 1.54) is 5.56 Å². The van der Waals surface area contributed by atoms with Gasteiger partial charge < -0.3 is 19.4 Å². The second kappa shape index (κ2) is 9.34. The van der Waals surface area contributed by atoms with Crippen LogP contribution >= 0.6 is 24.0 Å². The highest BCUT2D eigenvalue weighted by Crippen LogP contribution is 2.12. The predicted molar refractivity (Wildman–Crippen MR) is 98.8 cm³/mol. The molecule has 120 valence electrons. The molecule has 2 aromatic rings. The van der Waals surface area contributed by atoms with Crippen LogP contribution in [-0.4, -0.2) is 32.1 Å². The molecule has 0 aliphatic carbocycles. The molecule has 0 spiro atoms. The first-order valence-electron chi connectivity index (χ1n) is 6.80. The van der Waals surface area contributed by atoms with Crippen molar-refractivity contribution in [3.05, 3.63) is 54.0 Å². The standard InChI is InChI=1S/C16H21N3O2.HI/c1-17-16(18-11-15-5-4-10-21-15)19(2)12-13-6-8-14(20-3)9-7-13;/h4-10H,11-12H2,1-3H3,(H,17,18);1H. The van der Waals surface area contributed by atoms with Crippen molar-refractivity contribution in [3.63, 3.8) is 0 Å². The Labute approximate surface area is 148 Å². The normalized spacial score (nSPS) is 10.8.